The van der Waals surface area contributed by atoms with Crippen molar-refractivity contribution in [2.45, 2.75) is 52.9 Å². The van der Waals surface area contributed by atoms with Crippen LogP contribution in [0.25, 0.3) is 0 Å². The molecule has 0 N–H and O–H groups in total. The van der Waals surface area contributed by atoms with Gasteiger partial charge < -0.3 is 9.53 Å². The molecule has 3 nitrogen and oxygen atoms in total. The zero-order valence-corrected chi connectivity index (χ0v) is 14.5. The average molecular weight is 316 g/mol. The number of carbonyl (C=O) groups excluding carboxylic acids is 2. The second-order valence-electron chi connectivity index (χ2n) is 7.51. The fourth-order valence-electron chi connectivity index (χ4n) is 5.27. The predicted molar refractivity (Wildman–Crippen MR) is 89.7 cm³/mol. The van der Waals surface area contributed by atoms with E-state index in [1.165, 1.54) is 24.8 Å². The van der Waals surface area contributed by atoms with Crippen LogP contribution >= 0.6 is 0 Å². The first-order chi connectivity index (χ1) is 11.0. The van der Waals surface area contributed by atoms with Gasteiger partial charge in [-0.2, -0.15) is 0 Å². The van der Waals surface area contributed by atoms with Gasteiger partial charge >= 0.3 is 5.97 Å². The predicted octanol–water partition coefficient (Wildman–Crippen LogP) is 4.08. The molecule has 3 heteroatoms. The van der Waals surface area contributed by atoms with Crippen molar-refractivity contribution in [1.29, 1.82) is 0 Å². The molecule has 0 radical (unpaired) electrons. The molecule has 0 spiro atoms. The molecule has 5 atom stereocenters. The Morgan fingerprint density at radius 1 is 1.26 bits per heavy atom. The van der Waals surface area contributed by atoms with Crippen LogP contribution in [0.1, 0.15) is 52.9 Å². The molecule has 3 rings (SSSR count). The van der Waals surface area contributed by atoms with Gasteiger partial charge in [-0.25, -0.2) is 0 Å². The lowest BCUT2D eigenvalue weighted by atomic mass is 9.67. The maximum absolute atomic E-state index is 12.0. The van der Waals surface area contributed by atoms with Crippen molar-refractivity contribution in [3.63, 3.8) is 0 Å². The Hall–Kier alpha value is -1.38. The summed E-state index contributed by atoms with van der Waals surface area (Å²) >= 11 is 0. The number of ether oxygens (including phenoxy) is 1. The first-order valence-corrected chi connectivity index (χ1v) is 9.05. The number of carbonyl (C=O) groups is 2. The maximum atomic E-state index is 12.0. The molecule has 23 heavy (non-hydrogen) atoms. The molecule has 1 fully saturated rings. The largest absolute Gasteiger partial charge is 0.466 e. The molecule has 0 bridgehead atoms. The van der Waals surface area contributed by atoms with Gasteiger partial charge in [-0.15, -0.1) is 0 Å². The number of ketones is 1. The third-order valence-corrected chi connectivity index (χ3v) is 6.01. The summed E-state index contributed by atoms with van der Waals surface area (Å²) in [6.07, 6.45) is 9.59. The van der Waals surface area contributed by atoms with Crippen molar-refractivity contribution in [1.82, 2.24) is 0 Å². The number of rotatable bonds is 5. The average Bonchev–Trinajstić information content (AvgIpc) is 3.04. The zero-order chi connectivity index (χ0) is 16.6. The van der Waals surface area contributed by atoms with E-state index in [1.807, 2.05) is 6.92 Å². The van der Waals surface area contributed by atoms with E-state index in [2.05, 4.69) is 19.1 Å². The lowest BCUT2D eigenvalue weighted by Crippen LogP contribution is -2.31. The minimum atomic E-state index is -0.157. The van der Waals surface area contributed by atoms with Gasteiger partial charge in [-0.1, -0.05) is 29.7 Å². The summed E-state index contributed by atoms with van der Waals surface area (Å²) in [4.78, 5) is 23.8. The van der Waals surface area contributed by atoms with Gasteiger partial charge in [-0.05, 0) is 63.2 Å². The van der Waals surface area contributed by atoms with E-state index in [9.17, 15) is 9.59 Å². The summed E-state index contributed by atoms with van der Waals surface area (Å²) in [6.45, 7) is 6.14. The van der Waals surface area contributed by atoms with E-state index < -0.39 is 0 Å². The van der Waals surface area contributed by atoms with Crippen molar-refractivity contribution in [2.75, 3.05) is 6.61 Å². The van der Waals surface area contributed by atoms with Gasteiger partial charge in [0, 0.05) is 6.42 Å². The third kappa shape index (κ3) is 3.15. The van der Waals surface area contributed by atoms with Crippen LogP contribution in [-0.4, -0.2) is 18.4 Å². The fourth-order valence-corrected chi connectivity index (χ4v) is 5.27. The molecule has 0 saturated heterocycles. The van der Waals surface area contributed by atoms with Gasteiger partial charge in [0.25, 0.3) is 0 Å². The van der Waals surface area contributed by atoms with Crippen molar-refractivity contribution < 1.29 is 14.3 Å². The smallest absolute Gasteiger partial charge is 0.309 e. The van der Waals surface area contributed by atoms with Crippen molar-refractivity contribution in [3.8, 4) is 0 Å². The Kier molecular flexibility index (Phi) is 4.74. The van der Waals surface area contributed by atoms with Crippen LogP contribution in [-0.2, 0) is 14.3 Å². The van der Waals surface area contributed by atoms with E-state index in [1.54, 1.807) is 6.92 Å². The Labute approximate surface area is 139 Å². The van der Waals surface area contributed by atoms with E-state index >= 15 is 0 Å². The number of fused-ring (bicyclic) bond motifs is 3. The minimum absolute atomic E-state index is 0.157. The standard InChI is InChI=1S/C20H28O3/c1-4-23-19(22)11-15-10-18-16-7-5-6-14(16)8-12(2)20(18)17(15)9-13(3)21/h8,10,14,16-18,20H,4-7,9,11H2,1-3H3/t14-,16+,17+,18-,20-/m1/s1. The van der Waals surface area contributed by atoms with Crippen LogP contribution in [0, 0.1) is 29.6 Å². The van der Waals surface area contributed by atoms with Crippen LogP contribution in [0.3, 0.4) is 0 Å². The van der Waals surface area contributed by atoms with E-state index in [-0.39, 0.29) is 17.7 Å². The number of hydrogen-bond donors (Lipinski definition) is 0. The Morgan fingerprint density at radius 3 is 2.74 bits per heavy atom. The first-order valence-electron chi connectivity index (χ1n) is 9.05. The number of esters is 1. The highest BCUT2D eigenvalue weighted by Crippen LogP contribution is 2.55. The first kappa shape index (κ1) is 16.5. The monoisotopic (exact) mass is 316 g/mol. The lowest BCUT2D eigenvalue weighted by Gasteiger charge is -2.37. The molecule has 0 heterocycles. The lowest BCUT2D eigenvalue weighted by molar-refractivity contribution is -0.142. The van der Waals surface area contributed by atoms with Crippen LogP contribution in [0.15, 0.2) is 23.3 Å². The Balaban J connectivity index is 1.88. The number of hydrogen-bond acceptors (Lipinski definition) is 3. The molecule has 3 aliphatic rings. The molecule has 0 aliphatic heterocycles. The molecular weight excluding hydrogens is 288 g/mol. The highest BCUT2D eigenvalue weighted by Gasteiger charge is 2.47. The summed E-state index contributed by atoms with van der Waals surface area (Å²) < 4.78 is 5.14. The summed E-state index contributed by atoms with van der Waals surface area (Å²) in [5.74, 6) is 2.59. The van der Waals surface area contributed by atoms with Crippen LogP contribution in [0.2, 0.25) is 0 Å². The SMILES string of the molecule is CCOC(=O)CC1=C[C@@H]2[C@H]3CCC[C@@H]3C=C(C)[C@@H]2[C@H]1CC(C)=O. The van der Waals surface area contributed by atoms with Crippen molar-refractivity contribution in [3.05, 3.63) is 23.3 Å². The highest BCUT2D eigenvalue weighted by atomic mass is 16.5. The maximum Gasteiger partial charge on any atom is 0.309 e. The summed E-state index contributed by atoms with van der Waals surface area (Å²) in [6, 6.07) is 0. The van der Waals surface area contributed by atoms with Crippen molar-refractivity contribution >= 4 is 11.8 Å². The second kappa shape index (κ2) is 6.62. The molecule has 0 unspecified atom stereocenters. The Bertz CT molecular complexity index is 557. The molecule has 3 aliphatic carbocycles. The van der Waals surface area contributed by atoms with Crippen LogP contribution in [0.5, 0.6) is 0 Å². The Morgan fingerprint density at radius 2 is 2.04 bits per heavy atom. The summed E-state index contributed by atoms with van der Waals surface area (Å²) in [5.41, 5.74) is 2.58. The molecule has 126 valence electrons. The van der Waals surface area contributed by atoms with Gasteiger partial charge in [0.15, 0.2) is 0 Å². The molecule has 1 saturated carbocycles. The fraction of sp³-hybridized carbons (Fsp3) is 0.700. The topological polar surface area (TPSA) is 43.4 Å². The second-order valence-corrected chi connectivity index (χ2v) is 7.51. The van der Waals surface area contributed by atoms with Gasteiger partial charge in [0.05, 0.1) is 13.0 Å². The highest BCUT2D eigenvalue weighted by molar-refractivity contribution is 5.77. The zero-order valence-electron chi connectivity index (χ0n) is 14.5. The van der Waals surface area contributed by atoms with Gasteiger partial charge in [-0.3, -0.25) is 4.79 Å². The molecule has 0 aromatic heterocycles. The molecule has 0 amide bonds. The minimum Gasteiger partial charge on any atom is -0.466 e. The number of Topliss-reactive ketones (excluding diaryl/α,β-unsaturated/α-hetero) is 1. The van der Waals surface area contributed by atoms with Crippen LogP contribution in [0.4, 0.5) is 0 Å². The summed E-state index contributed by atoms with van der Waals surface area (Å²) in [5, 5.41) is 0. The molecule has 0 aromatic carbocycles. The molecular formula is C20H28O3. The van der Waals surface area contributed by atoms with Crippen molar-refractivity contribution in [2.24, 2.45) is 29.6 Å². The van der Waals surface area contributed by atoms with E-state index in [0.717, 1.165) is 5.57 Å². The van der Waals surface area contributed by atoms with Gasteiger partial charge in [0.2, 0.25) is 0 Å². The van der Waals surface area contributed by atoms with E-state index in [0.29, 0.717) is 43.1 Å². The third-order valence-electron chi connectivity index (χ3n) is 6.01. The number of allylic oxidation sites excluding steroid dienone is 3. The quantitative estimate of drug-likeness (QED) is 0.567. The van der Waals surface area contributed by atoms with E-state index in [4.69, 9.17) is 4.74 Å². The summed E-state index contributed by atoms with van der Waals surface area (Å²) in [7, 11) is 0. The van der Waals surface area contributed by atoms with Crippen LogP contribution < -0.4 is 0 Å². The van der Waals surface area contributed by atoms with Gasteiger partial charge in [0.1, 0.15) is 5.78 Å². The molecule has 0 aromatic rings. The normalized spacial score (nSPS) is 35.2.